The minimum absolute atomic E-state index is 0.0958. The molecular formula is C32H35NO8. The fourth-order valence-electron chi connectivity index (χ4n) is 5.65. The van der Waals surface area contributed by atoms with Gasteiger partial charge in [0.05, 0.1) is 5.92 Å². The molecule has 2 aromatic carbocycles. The van der Waals surface area contributed by atoms with Gasteiger partial charge in [-0.15, -0.1) is 0 Å². The number of ketones is 2. The lowest BCUT2D eigenvalue weighted by atomic mass is 9.78. The van der Waals surface area contributed by atoms with Crippen LogP contribution in [-0.4, -0.2) is 65.9 Å². The third kappa shape index (κ3) is 6.19. The molecule has 2 aliphatic carbocycles. The van der Waals surface area contributed by atoms with Crippen LogP contribution in [0, 0.1) is 5.92 Å². The third-order valence-corrected chi connectivity index (χ3v) is 7.80. The predicted octanol–water partition coefficient (Wildman–Crippen LogP) is 5.38. The molecule has 2 aromatic rings. The van der Waals surface area contributed by atoms with Gasteiger partial charge in [0.2, 0.25) is 0 Å². The number of carbonyl (C=O) groups is 5. The number of nitrogens with zero attached hydrogens (tertiary/aromatic N) is 1. The molecule has 0 N–H and O–H groups in total. The Bertz CT molecular complexity index is 1400. The Balaban J connectivity index is 1.16. The Hall–Kier alpha value is -4.01. The van der Waals surface area contributed by atoms with Gasteiger partial charge in [0, 0.05) is 17.7 Å². The Morgan fingerprint density at radius 1 is 0.732 bits per heavy atom. The lowest BCUT2D eigenvalue weighted by Gasteiger charge is -2.27. The van der Waals surface area contributed by atoms with Crippen LogP contribution in [0.15, 0.2) is 36.4 Å². The minimum atomic E-state index is -0.774. The summed E-state index contributed by atoms with van der Waals surface area (Å²) < 4.78 is 16.0. The van der Waals surface area contributed by atoms with Crippen LogP contribution in [0.5, 0.6) is 0 Å². The SMILES string of the molecule is CC(C)(C)OC(=O)N1CCC[C@H]1C(=O)OCC(=O)c1ccc2c(c1)-c1ccc(C(=O)COC(=O)C3CCCC3)cc1-2. The summed E-state index contributed by atoms with van der Waals surface area (Å²) in [7, 11) is 0. The van der Waals surface area contributed by atoms with E-state index in [4.69, 9.17) is 14.2 Å². The highest BCUT2D eigenvalue weighted by atomic mass is 16.6. The van der Waals surface area contributed by atoms with Gasteiger partial charge in [-0.3, -0.25) is 19.3 Å². The second-order valence-corrected chi connectivity index (χ2v) is 11.9. The van der Waals surface area contributed by atoms with E-state index < -0.39 is 30.3 Å². The van der Waals surface area contributed by atoms with Crippen molar-refractivity contribution in [2.24, 2.45) is 5.92 Å². The van der Waals surface area contributed by atoms with Crippen LogP contribution in [0.1, 0.15) is 80.0 Å². The normalized spacial score (nSPS) is 17.7. The number of hydrogen-bond donors (Lipinski definition) is 0. The maximum Gasteiger partial charge on any atom is 0.411 e. The van der Waals surface area contributed by atoms with Crippen LogP contribution in [0.3, 0.4) is 0 Å². The minimum Gasteiger partial charge on any atom is -0.457 e. The van der Waals surface area contributed by atoms with Crippen LogP contribution in [0.4, 0.5) is 4.79 Å². The molecule has 3 aliphatic rings. The second-order valence-electron chi connectivity index (χ2n) is 11.9. The highest BCUT2D eigenvalue weighted by Crippen LogP contribution is 2.47. The van der Waals surface area contributed by atoms with Crippen LogP contribution >= 0.6 is 0 Å². The van der Waals surface area contributed by atoms with Crippen molar-refractivity contribution in [1.82, 2.24) is 4.90 Å². The number of fused-ring (bicyclic) bond motifs is 4. The molecule has 1 heterocycles. The van der Waals surface area contributed by atoms with Gasteiger partial charge in [0.1, 0.15) is 11.6 Å². The largest absolute Gasteiger partial charge is 0.457 e. The average molecular weight is 562 g/mol. The van der Waals surface area contributed by atoms with Crippen molar-refractivity contribution in [1.29, 1.82) is 0 Å². The maximum atomic E-state index is 12.9. The molecule has 2 fully saturated rings. The first-order valence-electron chi connectivity index (χ1n) is 14.2. The van der Waals surface area contributed by atoms with Crippen molar-refractivity contribution >= 4 is 29.6 Å². The molecule has 1 atom stereocenters. The molecule has 41 heavy (non-hydrogen) atoms. The Morgan fingerprint density at radius 3 is 1.80 bits per heavy atom. The first-order valence-corrected chi connectivity index (χ1v) is 14.2. The first-order chi connectivity index (χ1) is 19.5. The van der Waals surface area contributed by atoms with E-state index in [1.807, 2.05) is 12.1 Å². The summed E-state index contributed by atoms with van der Waals surface area (Å²) in [6, 6.07) is 9.75. The Labute approximate surface area is 239 Å². The fraction of sp³-hybridized carbons (Fsp3) is 0.469. The summed E-state index contributed by atoms with van der Waals surface area (Å²) in [6.07, 6.45) is 4.22. The number of carbonyl (C=O) groups excluding carboxylic acids is 5. The third-order valence-electron chi connectivity index (χ3n) is 7.80. The zero-order valence-corrected chi connectivity index (χ0v) is 23.7. The zero-order valence-electron chi connectivity index (χ0n) is 23.7. The summed E-state index contributed by atoms with van der Waals surface area (Å²) in [5, 5.41) is 0. The average Bonchev–Trinajstić information content (AvgIpc) is 3.64. The summed E-state index contributed by atoms with van der Waals surface area (Å²) in [4.78, 5) is 64.2. The highest BCUT2D eigenvalue weighted by Gasteiger charge is 2.38. The molecule has 1 saturated heterocycles. The number of ether oxygens (including phenoxy) is 3. The molecule has 1 aliphatic heterocycles. The van der Waals surface area contributed by atoms with Gasteiger partial charge in [0.15, 0.2) is 24.8 Å². The summed E-state index contributed by atoms with van der Waals surface area (Å²) in [5.41, 5.74) is 3.76. The molecule has 0 radical (unpaired) electrons. The number of benzene rings is 2. The van der Waals surface area contributed by atoms with Crippen molar-refractivity contribution in [2.75, 3.05) is 19.8 Å². The van der Waals surface area contributed by atoms with Gasteiger partial charge in [-0.2, -0.15) is 0 Å². The van der Waals surface area contributed by atoms with E-state index in [0.29, 0.717) is 30.5 Å². The molecule has 1 amide bonds. The quantitative estimate of drug-likeness (QED) is 0.205. The summed E-state index contributed by atoms with van der Waals surface area (Å²) in [6.45, 7) is 4.96. The van der Waals surface area contributed by atoms with Crippen molar-refractivity contribution in [2.45, 2.75) is 70.9 Å². The van der Waals surface area contributed by atoms with Crippen LogP contribution in [0.2, 0.25) is 0 Å². The van der Waals surface area contributed by atoms with E-state index >= 15 is 0 Å². The van der Waals surface area contributed by atoms with E-state index in [9.17, 15) is 24.0 Å². The predicted molar refractivity (Wildman–Crippen MR) is 149 cm³/mol. The molecule has 0 bridgehead atoms. The monoisotopic (exact) mass is 561 g/mol. The highest BCUT2D eigenvalue weighted by molar-refractivity contribution is 6.09. The standard InChI is InChI=1S/C32H35NO8/c1-32(2,3)41-31(38)33-14-6-9-26(33)30(37)40-18-28(35)21-11-13-23-24-15-20(10-12-22(24)25(23)16-21)27(34)17-39-29(36)19-7-4-5-8-19/h10-13,15-16,19,26H,4-9,14,17-18H2,1-3H3/t26-/m0/s1. The van der Waals surface area contributed by atoms with E-state index in [2.05, 4.69) is 0 Å². The van der Waals surface area contributed by atoms with E-state index in [0.717, 1.165) is 47.9 Å². The van der Waals surface area contributed by atoms with Crippen LogP contribution in [0.25, 0.3) is 22.3 Å². The number of likely N-dealkylation sites (tertiary alicyclic amines) is 1. The fourth-order valence-corrected chi connectivity index (χ4v) is 5.65. The van der Waals surface area contributed by atoms with Gasteiger partial charge >= 0.3 is 18.0 Å². The van der Waals surface area contributed by atoms with Gasteiger partial charge in [-0.1, -0.05) is 37.1 Å². The number of hydrogen-bond acceptors (Lipinski definition) is 8. The van der Waals surface area contributed by atoms with E-state index in [1.165, 1.54) is 4.90 Å². The summed E-state index contributed by atoms with van der Waals surface area (Å²) >= 11 is 0. The first kappa shape index (κ1) is 28.5. The van der Waals surface area contributed by atoms with Gasteiger partial charge in [-0.05, 0) is 80.8 Å². The topological polar surface area (TPSA) is 116 Å². The van der Waals surface area contributed by atoms with Crippen molar-refractivity contribution in [3.63, 3.8) is 0 Å². The molecule has 216 valence electrons. The molecule has 0 unspecified atom stereocenters. The van der Waals surface area contributed by atoms with Gasteiger partial charge < -0.3 is 14.2 Å². The lowest BCUT2D eigenvalue weighted by molar-refractivity contribution is -0.148. The smallest absolute Gasteiger partial charge is 0.411 e. The number of Topliss-reactive ketones (excluding diaryl/α,β-unsaturated/α-hetero) is 2. The lowest BCUT2D eigenvalue weighted by Crippen LogP contribution is -2.44. The molecule has 5 rings (SSSR count). The Morgan fingerprint density at radius 2 is 1.27 bits per heavy atom. The molecule has 1 saturated carbocycles. The number of amides is 1. The molecule has 0 aromatic heterocycles. The maximum absolute atomic E-state index is 12.9. The Kier molecular flexibility index (Phi) is 7.98. The van der Waals surface area contributed by atoms with Crippen LogP contribution < -0.4 is 0 Å². The van der Waals surface area contributed by atoms with E-state index in [-0.39, 0.29) is 30.1 Å². The van der Waals surface area contributed by atoms with E-state index in [1.54, 1.807) is 45.0 Å². The molecule has 9 nitrogen and oxygen atoms in total. The molecule has 0 spiro atoms. The van der Waals surface area contributed by atoms with Crippen molar-refractivity contribution in [3.8, 4) is 22.3 Å². The summed E-state index contributed by atoms with van der Waals surface area (Å²) in [5.74, 6) is -1.62. The molecular weight excluding hydrogens is 526 g/mol. The van der Waals surface area contributed by atoms with Crippen molar-refractivity contribution in [3.05, 3.63) is 47.5 Å². The second kappa shape index (κ2) is 11.5. The van der Waals surface area contributed by atoms with Crippen LogP contribution in [-0.2, 0) is 23.8 Å². The zero-order chi connectivity index (χ0) is 29.3. The van der Waals surface area contributed by atoms with Gasteiger partial charge in [-0.25, -0.2) is 9.59 Å². The molecule has 9 heteroatoms. The van der Waals surface area contributed by atoms with Gasteiger partial charge in [0.25, 0.3) is 0 Å². The number of esters is 2. The number of rotatable bonds is 8. The van der Waals surface area contributed by atoms with Crippen molar-refractivity contribution < 1.29 is 38.2 Å².